The number of aromatic nitrogens is 2. The number of nitrogens with zero attached hydrogens (tertiary/aromatic N) is 2. The predicted molar refractivity (Wildman–Crippen MR) is 111 cm³/mol. The number of carbonyl (C=O) groups is 1. The smallest absolute Gasteiger partial charge is 0.306 e. The van der Waals surface area contributed by atoms with Gasteiger partial charge in [-0.15, -0.1) is 0 Å². The first kappa shape index (κ1) is 20.2. The second-order valence-electron chi connectivity index (χ2n) is 6.87. The van der Waals surface area contributed by atoms with E-state index in [4.69, 9.17) is 21.1 Å². The van der Waals surface area contributed by atoms with Crippen LogP contribution in [-0.2, 0) is 29.6 Å². The van der Waals surface area contributed by atoms with Crippen LogP contribution in [0.1, 0.15) is 35.6 Å². The fourth-order valence-corrected chi connectivity index (χ4v) is 3.55. The highest BCUT2D eigenvalue weighted by atomic mass is 35.5. The number of ether oxygens (including phenoxy) is 2. The van der Waals surface area contributed by atoms with Crippen LogP contribution >= 0.6 is 11.6 Å². The van der Waals surface area contributed by atoms with Crippen LogP contribution in [0.3, 0.4) is 0 Å². The average Bonchev–Trinajstić information content (AvgIpc) is 3.02. The van der Waals surface area contributed by atoms with Crippen LogP contribution in [0.5, 0.6) is 5.75 Å². The zero-order valence-electron chi connectivity index (χ0n) is 16.7. The molecule has 0 saturated carbocycles. The van der Waals surface area contributed by atoms with E-state index in [1.807, 2.05) is 51.4 Å². The maximum absolute atomic E-state index is 11.6. The molecule has 6 heteroatoms. The minimum Gasteiger partial charge on any atom is -0.489 e. The zero-order chi connectivity index (χ0) is 20.3. The molecule has 5 nitrogen and oxygen atoms in total. The summed E-state index contributed by atoms with van der Waals surface area (Å²) in [6.45, 7) is 6.71. The first-order chi connectivity index (χ1) is 13.4. The molecule has 3 rings (SSSR count). The Morgan fingerprint density at radius 1 is 1.18 bits per heavy atom. The molecule has 1 heterocycles. The van der Waals surface area contributed by atoms with Crippen LogP contribution in [0, 0.1) is 13.8 Å². The lowest BCUT2D eigenvalue weighted by molar-refractivity contribution is -0.143. The van der Waals surface area contributed by atoms with Crippen molar-refractivity contribution >= 4 is 28.5 Å². The number of rotatable bonds is 7. The minimum atomic E-state index is -0.166. The molecule has 0 bridgehead atoms. The third kappa shape index (κ3) is 4.47. The summed E-state index contributed by atoms with van der Waals surface area (Å²) in [6, 6.07) is 7.78. The number of carbonyl (C=O) groups excluding carboxylic acids is 1. The summed E-state index contributed by atoms with van der Waals surface area (Å²) in [5.74, 6) is 0.654. The van der Waals surface area contributed by atoms with Gasteiger partial charge in [0.15, 0.2) is 0 Å². The second kappa shape index (κ2) is 8.65. The van der Waals surface area contributed by atoms with Gasteiger partial charge in [-0.25, -0.2) is 0 Å². The Morgan fingerprint density at radius 3 is 2.71 bits per heavy atom. The van der Waals surface area contributed by atoms with Crippen LogP contribution < -0.4 is 4.74 Å². The van der Waals surface area contributed by atoms with Gasteiger partial charge in [0, 0.05) is 35.6 Å². The Kier molecular flexibility index (Phi) is 6.25. The molecule has 2 aromatic carbocycles. The minimum absolute atomic E-state index is 0.166. The van der Waals surface area contributed by atoms with Gasteiger partial charge in [-0.3, -0.25) is 9.48 Å². The lowest BCUT2D eigenvalue weighted by Gasteiger charge is -2.15. The zero-order valence-corrected chi connectivity index (χ0v) is 17.5. The number of halogens is 1. The molecule has 0 amide bonds. The van der Waals surface area contributed by atoms with Gasteiger partial charge in [-0.05, 0) is 62.1 Å². The number of hydrogen-bond acceptors (Lipinski definition) is 4. The Labute approximate surface area is 170 Å². The molecule has 0 spiro atoms. The van der Waals surface area contributed by atoms with Crippen LogP contribution in [0.25, 0.3) is 10.9 Å². The maximum Gasteiger partial charge on any atom is 0.306 e. The first-order valence-electron chi connectivity index (χ1n) is 9.38. The van der Waals surface area contributed by atoms with E-state index in [0.717, 1.165) is 38.9 Å². The SMILES string of the molecule is CCOC(=O)CCc1ccc(OCc2cc(Cl)cc3cn(C)nc23)c(C)c1C. The summed E-state index contributed by atoms with van der Waals surface area (Å²) in [5, 5.41) is 6.17. The summed E-state index contributed by atoms with van der Waals surface area (Å²) in [5.41, 5.74) is 5.18. The summed E-state index contributed by atoms with van der Waals surface area (Å²) >= 11 is 6.24. The monoisotopic (exact) mass is 400 g/mol. The lowest BCUT2D eigenvalue weighted by atomic mass is 9.99. The average molecular weight is 401 g/mol. The lowest BCUT2D eigenvalue weighted by Crippen LogP contribution is -2.06. The molecular weight excluding hydrogens is 376 g/mol. The van der Waals surface area contributed by atoms with Gasteiger partial charge < -0.3 is 9.47 Å². The summed E-state index contributed by atoms with van der Waals surface area (Å²) < 4.78 is 12.9. The highest BCUT2D eigenvalue weighted by molar-refractivity contribution is 6.31. The Bertz CT molecular complexity index is 1010. The molecule has 0 atom stereocenters. The largest absolute Gasteiger partial charge is 0.489 e. The Hall–Kier alpha value is -2.53. The van der Waals surface area contributed by atoms with E-state index < -0.39 is 0 Å². The van der Waals surface area contributed by atoms with Crippen molar-refractivity contribution < 1.29 is 14.3 Å². The van der Waals surface area contributed by atoms with Gasteiger partial charge in [-0.2, -0.15) is 5.10 Å². The van der Waals surface area contributed by atoms with E-state index >= 15 is 0 Å². The molecule has 1 aromatic heterocycles. The summed E-state index contributed by atoms with van der Waals surface area (Å²) in [7, 11) is 1.89. The van der Waals surface area contributed by atoms with Gasteiger partial charge in [0.05, 0.1) is 12.1 Å². The fourth-order valence-electron chi connectivity index (χ4n) is 3.30. The van der Waals surface area contributed by atoms with Crippen molar-refractivity contribution in [2.24, 2.45) is 7.05 Å². The van der Waals surface area contributed by atoms with Crippen LogP contribution in [0.15, 0.2) is 30.5 Å². The van der Waals surface area contributed by atoms with Gasteiger partial charge in [0.25, 0.3) is 0 Å². The van der Waals surface area contributed by atoms with Gasteiger partial charge in [0.2, 0.25) is 0 Å². The van der Waals surface area contributed by atoms with E-state index in [0.29, 0.717) is 31.1 Å². The van der Waals surface area contributed by atoms with E-state index in [1.165, 1.54) is 0 Å². The third-order valence-corrected chi connectivity index (χ3v) is 5.12. The molecule has 0 aliphatic rings. The number of benzene rings is 2. The van der Waals surface area contributed by atoms with E-state index in [2.05, 4.69) is 12.0 Å². The second-order valence-corrected chi connectivity index (χ2v) is 7.31. The molecule has 0 unspecified atom stereocenters. The standard InChI is InChI=1S/C22H25ClN2O3/c1-5-27-21(26)9-7-16-6-8-20(15(3)14(16)2)28-13-18-11-19(23)10-17-12-25(4)24-22(17)18/h6,8,10-12H,5,7,9,13H2,1-4H3. The van der Waals surface area contributed by atoms with Crippen molar-refractivity contribution in [3.63, 3.8) is 0 Å². The number of hydrogen-bond donors (Lipinski definition) is 0. The maximum atomic E-state index is 11.6. The summed E-state index contributed by atoms with van der Waals surface area (Å²) in [4.78, 5) is 11.6. The third-order valence-electron chi connectivity index (χ3n) is 4.90. The predicted octanol–water partition coefficient (Wildman–Crippen LogP) is 4.92. The van der Waals surface area contributed by atoms with Crippen LogP contribution in [0.2, 0.25) is 5.02 Å². The van der Waals surface area contributed by atoms with Crippen molar-refractivity contribution in [3.05, 3.63) is 57.7 Å². The van der Waals surface area contributed by atoms with Crippen molar-refractivity contribution in [2.45, 2.75) is 40.2 Å². The van der Waals surface area contributed by atoms with Gasteiger partial charge >= 0.3 is 5.97 Å². The molecular formula is C22H25ClN2O3. The normalized spacial score (nSPS) is 11.0. The highest BCUT2D eigenvalue weighted by Gasteiger charge is 2.12. The quantitative estimate of drug-likeness (QED) is 0.528. The van der Waals surface area contributed by atoms with Crippen molar-refractivity contribution in [1.82, 2.24) is 9.78 Å². The van der Waals surface area contributed by atoms with Crippen molar-refractivity contribution in [1.29, 1.82) is 0 Å². The van der Waals surface area contributed by atoms with E-state index in [1.54, 1.807) is 4.68 Å². The Morgan fingerprint density at radius 2 is 1.96 bits per heavy atom. The molecule has 0 N–H and O–H groups in total. The first-order valence-corrected chi connectivity index (χ1v) is 9.76. The fraction of sp³-hybridized carbons (Fsp3) is 0.364. The topological polar surface area (TPSA) is 53.4 Å². The molecule has 0 aliphatic carbocycles. The van der Waals surface area contributed by atoms with Crippen LogP contribution in [-0.4, -0.2) is 22.4 Å². The number of fused-ring (bicyclic) bond motifs is 1. The molecule has 0 aliphatic heterocycles. The highest BCUT2D eigenvalue weighted by Crippen LogP contribution is 2.28. The molecule has 3 aromatic rings. The van der Waals surface area contributed by atoms with Gasteiger partial charge in [-0.1, -0.05) is 17.7 Å². The molecule has 0 saturated heterocycles. The van der Waals surface area contributed by atoms with Gasteiger partial charge in [0.1, 0.15) is 12.4 Å². The van der Waals surface area contributed by atoms with Crippen molar-refractivity contribution in [2.75, 3.05) is 6.61 Å². The number of aryl methyl sites for hydroxylation is 2. The molecule has 28 heavy (non-hydrogen) atoms. The van der Waals surface area contributed by atoms with Crippen LogP contribution in [0.4, 0.5) is 0 Å². The molecule has 0 radical (unpaired) electrons. The van der Waals surface area contributed by atoms with E-state index in [9.17, 15) is 4.79 Å². The summed E-state index contributed by atoms with van der Waals surface area (Å²) in [6.07, 6.45) is 2.99. The Balaban J connectivity index is 1.75. The molecule has 148 valence electrons. The van der Waals surface area contributed by atoms with Crippen molar-refractivity contribution in [3.8, 4) is 5.75 Å². The number of esters is 1. The molecule has 0 fully saturated rings. The van der Waals surface area contributed by atoms with E-state index in [-0.39, 0.29) is 5.97 Å².